The van der Waals surface area contributed by atoms with E-state index in [1.165, 1.54) is 18.2 Å². The predicted octanol–water partition coefficient (Wildman–Crippen LogP) is 5.51. The van der Waals surface area contributed by atoms with Crippen molar-refractivity contribution in [1.29, 1.82) is 0 Å². The van der Waals surface area contributed by atoms with Gasteiger partial charge in [-0.2, -0.15) is 0 Å². The first-order chi connectivity index (χ1) is 13.9. The van der Waals surface area contributed by atoms with Crippen molar-refractivity contribution in [2.45, 2.75) is 6.42 Å². The van der Waals surface area contributed by atoms with Crippen LogP contribution in [0, 0.1) is 10.1 Å². The Morgan fingerprint density at radius 1 is 1.00 bits per heavy atom. The van der Waals surface area contributed by atoms with Gasteiger partial charge in [-0.3, -0.25) is 14.9 Å². The molecule has 3 aromatic carbocycles. The lowest BCUT2D eigenvalue weighted by Crippen LogP contribution is -2.21. The maximum atomic E-state index is 12.3. The fourth-order valence-corrected chi connectivity index (χ4v) is 3.20. The molecule has 0 unspecified atom stereocenters. The van der Waals surface area contributed by atoms with Crippen molar-refractivity contribution >= 4 is 40.5 Å². The lowest BCUT2D eigenvalue weighted by atomic mass is 10.0. The maximum Gasteiger partial charge on any atom is 0.269 e. The van der Waals surface area contributed by atoms with Gasteiger partial charge in [-0.05, 0) is 23.8 Å². The Balaban J connectivity index is 1.75. The van der Waals surface area contributed by atoms with Crippen LogP contribution < -0.4 is 10.1 Å². The molecule has 3 rings (SSSR count). The van der Waals surface area contributed by atoms with Gasteiger partial charge in [-0.1, -0.05) is 59.6 Å². The third-order valence-corrected chi connectivity index (χ3v) is 4.71. The van der Waals surface area contributed by atoms with Crippen molar-refractivity contribution in [3.05, 3.63) is 98.0 Å². The standard InChI is InChI=1S/C21H16Cl2N2O4/c22-17-7-4-8-18(23)21(17)24-20(26)13-29-19-10-9-16(25(27)28)12-15(19)11-14-5-2-1-3-6-14/h1-10,12H,11,13H2,(H,24,26). The topological polar surface area (TPSA) is 81.5 Å². The van der Waals surface area contributed by atoms with E-state index in [4.69, 9.17) is 27.9 Å². The number of benzene rings is 3. The summed E-state index contributed by atoms with van der Waals surface area (Å²) in [5.41, 5.74) is 1.83. The molecule has 0 bridgehead atoms. The average molecular weight is 431 g/mol. The van der Waals surface area contributed by atoms with Crippen LogP contribution in [0.5, 0.6) is 5.75 Å². The van der Waals surface area contributed by atoms with E-state index < -0.39 is 10.8 Å². The fraction of sp³-hybridized carbons (Fsp3) is 0.0952. The number of amides is 1. The third-order valence-electron chi connectivity index (χ3n) is 4.08. The van der Waals surface area contributed by atoms with E-state index in [1.54, 1.807) is 18.2 Å². The molecule has 148 valence electrons. The number of carbonyl (C=O) groups is 1. The molecule has 0 saturated heterocycles. The molecule has 1 N–H and O–H groups in total. The van der Waals surface area contributed by atoms with Crippen LogP contribution in [0.25, 0.3) is 0 Å². The molecule has 0 aliphatic heterocycles. The molecule has 0 aliphatic carbocycles. The van der Waals surface area contributed by atoms with Crippen LogP contribution in [-0.2, 0) is 11.2 Å². The minimum Gasteiger partial charge on any atom is -0.483 e. The number of nitro groups is 1. The lowest BCUT2D eigenvalue weighted by Gasteiger charge is -2.13. The number of ether oxygens (including phenoxy) is 1. The number of carbonyl (C=O) groups excluding carboxylic acids is 1. The zero-order valence-electron chi connectivity index (χ0n) is 15.1. The zero-order valence-corrected chi connectivity index (χ0v) is 16.6. The molecule has 0 heterocycles. The van der Waals surface area contributed by atoms with E-state index in [1.807, 2.05) is 30.3 Å². The zero-order chi connectivity index (χ0) is 20.8. The van der Waals surface area contributed by atoms with Crippen molar-refractivity contribution in [2.24, 2.45) is 0 Å². The average Bonchev–Trinajstić information content (AvgIpc) is 2.70. The Bertz CT molecular complexity index is 1020. The molecule has 0 spiro atoms. The van der Waals surface area contributed by atoms with Crippen molar-refractivity contribution in [1.82, 2.24) is 0 Å². The summed E-state index contributed by atoms with van der Waals surface area (Å²) < 4.78 is 5.64. The first-order valence-electron chi connectivity index (χ1n) is 8.62. The van der Waals surface area contributed by atoms with Gasteiger partial charge in [0.05, 0.1) is 20.7 Å². The fourth-order valence-electron chi connectivity index (χ4n) is 2.71. The highest BCUT2D eigenvalue weighted by Gasteiger charge is 2.15. The normalized spacial score (nSPS) is 10.4. The largest absolute Gasteiger partial charge is 0.483 e. The van der Waals surface area contributed by atoms with Crippen LogP contribution in [0.15, 0.2) is 66.7 Å². The van der Waals surface area contributed by atoms with Gasteiger partial charge in [0.15, 0.2) is 6.61 Å². The summed E-state index contributed by atoms with van der Waals surface area (Å²) in [6.45, 7) is -0.304. The number of hydrogen-bond acceptors (Lipinski definition) is 4. The summed E-state index contributed by atoms with van der Waals surface area (Å²) in [6.07, 6.45) is 0.426. The molecule has 0 saturated carbocycles. The summed E-state index contributed by atoms with van der Waals surface area (Å²) >= 11 is 12.1. The number of rotatable bonds is 7. The van der Waals surface area contributed by atoms with E-state index >= 15 is 0 Å². The second-order valence-electron chi connectivity index (χ2n) is 6.15. The van der Waals surface area contributed by atoms with Gasteiger partial charge in [-0.15, -0.1) is 0 Å². The second-order valence-corrected chi connectivity index (χ2v) is 6.96. The summed E-state index contributed by atoms with van der Waals surface area (Å²) in [5.74, 6) is -0.0659. The Morgan fingerprint density at radius 2 is 1.69 bits per heavy atom. The van der Waals surface area contributed by atoms with Crippen molar-refractivity contribution < 1.29 is 14.5 Å². The van der Waals surface area contributed by atoms with Crippen molar-refractivity contribution in [2.75, 3.05) is 11.9 Å². The maximum absolute atomic E-state index is 12.3. The van der Waals surface area contributed by atoms with Crippen molar-refractivity contribution in [3.63, 3.8) is 0 Å². The quantitative estimate of drug-likeness (QED) is 0.395. The molecule has 0 atom stereocenters. The van der Waals surface area contributed by atoms with E-state index in [9.17, 15) is 14.9 Å². The molecule has 0 radical (unpaired) electrons. The summed E-state index contributed by atoms with van der Waals surface area (Å²) in [4.78, 5) is 22.9. The van der Waals surface area contributed by atoms with Crippen LogP contribution in [-0.4, -0.2) is 17.4 Å². The summed E-state index contributed by atoms with van der Waals surface area (Å²) in [7, 11) is 0. The Morgan fingerprint density at radius 3 is 2.34 bits per heavy atom. The second kappa shape index (κ2) is 9.41. The molecule has 6 nitrogen and oxygen atoms in total. The molecule has 1 amide bonds. The SMILES string of the molecule is O=C(COc1ccc([N+](=O)[O-])cc1Cc1ccccc1)Nc1c(Cl)cccc1Cl. The van der Waals surface area contributed by atoms with Gasteiger partial charge in [0.2, 0.25) is 0 Å². The van der Waals surface area contributed by atoms with E-state index in [2.05, 4.69) is 5.32 Å². The molecule has 0 aromatic heterocycles. The first-order valence-corrected chi connectivity index (χ1v) is 9.37. The lowest BCUT2D eigenvalue weighted by molar-refractivity contribution is -0.384. The highest BCUT2D eigenvalue weighted by Crippen LogP contribution is 2.30. The van der Waals surface area contributed by atoms with Gasteiger partial charge in [0, 0.05) is 24.1 Å². The van der Waals surface area contributed by atoms with E-state index in [0.29, 0.717) is 33.5 Å². The van der Waals surface area contributed by atoms with Crippen LogP contribution in [0.1, 0.15) is 11.1 Å². The van der Waals surface area contributed by atoms with E-state index in [0.717, 1.165) is 5.56 Å². The molecule has 0 aliphatic rings. The van der Waals surface area contributed by atoms with Gasteiger partial charge in [0.1, 0.15) is 5.75 Å². The molecular weight excluding hydrogens is 415 g/mol. The molecule has 8 heteroatoms. The van der Waals surface area contributed by atoms with Gasteiger partial charge in [-0.25, -0.2) is 0 Å². The van der Waals surface area contributed by atoms with E-state index in [-0.39, 0.29) is 12.3 Å². The summed E-state index contributed by atoms with van der Waals surface area (Å²) in [5, 5.41) is 14.4. The predicted molar refractivity (Wildman–Crippen MR) is 113 cm³/mol. The van der Waals surface area contributed by atoms with Crippen LogP contribution >= 0.6 is 23.2 Å². The summed E-state index contributed by atoms with van der Waals surface area (Å²) in [6, 6.07) is 18.6. The number of nitrogens with zero attached hydrogens (tertiary/aromatic N) is 1. The number of anilines is 1. The van der Waals surface area contributed by atoms with Gasteiger partial charge in [0.25, 0.3) is 11.6 Å². The van der Waals surface area contributed by atoms with Crippen LogP contribution in [0.3, 0.4) is 0 Å². The number of nitro benzene ring substituents is 1. The number of nitrogens with one attached hydrogen (secondary N) is 1. The minimum atomic E-state index is -0.468. The van der Waals surface area contributed by atoms with Crippen LogP contribution in [0.2, 0.25) is 10.0 Å². The first kappa shape index (κ1) is 20.6. The number of non-ortho nitro benzene ring substituents is 1. The third kappa shape index (κ3) is 5.47. The highest BCUT2D eigenvalue weighted by atomic mass is 35.5. The van der Waals surface area contributed by atoms with Crippen LogP contribution in [0.4, 0.5) is 11.4 Å². The van der Waals surface area contributed by atoms with Crippen molar-refractivity contribution in [3.8, 4) is 5.75 Å². The van der Waals surface area contributed by atoms with Gasteiger partial charge < -0.3 is 10.1 Å². The minimum absolute atomic E-state index is 0.0458. The number of para-hydroxylation sites is 1. The highest BCUT2D eigenvalue weighted by molar-refractivity contribution is 6.39. The van der Waals surface area contributed by atoms with Gasteiger partial charge >= 0.3 is 0 Å². The number of hydrogen-bond donors (Lipinski definition) is 1. The molecular formula is C21H16Cl2N2O4. The number of halogens is 2. The smallest absolute Gasteiger partial charge is 0.269 e. The monoisotopic (exact) mass is 430 g/mol. The Kier molecular flexibility index (Phi) is 6.69. The molecule has 29 heavy (non-hydrogen) atoms. The Hall–Kier alpha value is -3.09. The Labute approximate surface area is 177 Å². The molecule has 0 fully saturated rings. The molecule has 3 aromatic rings.